The lowest BCUT2D eigenvalue weighted by molar-refractivity contribution is 0.473. The lowest BCUT2D eigenvalue weighted by Crippen LogP contribution is -1.84. The van der Waals surface area contributed by atoms with Gasteiger partial charge in [-0.2, -0.15) is 5.26 Å². The van der Waals surface area contributed by atoms with Crippen LogP contribution in [-0.4, -0.2) is 10.2 Å². The van der Waals surface area contributed by atoms with Crippen molar-refractivity contribution in [2.45, 2.75) is 0 Å². The van der Waals surface area contributed by atoms with E-state index in [-0.39, 0.29) is 22.6 Å². The molecule has 0 aliphatic heterocycles. The summed E-state index contributed by atoms with van der Waals surface area (Å²) in [5.74, 6) is -0.719. The Labute approximate surface area is 97.0 Å². The Morgan fingerprint density at radius 2 is 1.82 bits per heavy atom. The second-order valence-electron chi connectivity index (χ2n) is 3.54. The molecule has 2 N–H and O–H groups in total. The minimum absolute atomic E-state index is 0.109. The number of hydrogen-bond acceptors (Lipinski definition) is 3. The number of nitrogens with zero attached hydrogens (tertiary/aromatic N) is 1. The summed E-state index contributed by atoms with van der Waals surface area (Å²) in [5, 5.41) is 27.8. The summed E-state index contributed by atoms with van der Waals surface area (Å²) in [6.45, 7) is 0. The van der Waals surface area contributed by atoms with Gasteiger partial charge in [0.2, 0.25) is 0 Å². The quantitative estimate of drug-likeness (QED) is 0.790. The molecule has 0 spiro atoms. The first-order valence-electron chi connectivity index (χ1n) is 4.83. The Morgan fingerprint density at radius 1 is 1.06 bits per heavy atom. The molecule has 0 atom stereocenters. The Morgan fingerprint density at radius 3 is 2.53 bits per heavy atom. The molecular weight excluding hydrogens is 221 g/mol. The van der Waals surface area contributed by atoms with E-state index >= 15 is 0 Å². The zero-order valence-electron chi connectivity index (χ0n) is 8.68. The summed E-state index contributed by atoms with van der Waals surface area (Å²) in [6, 6.07) is 9.49. The second-order valence-corrected chi connectivity index (χ2v) is 3.54. The molecule has 17 heavy (non-hydrogen) atoms. The highest BCUT2D eigenvalue weighted by Crippen LogP contribution is 2.32. The van der Waals surface area contributed by atoms with Gasteiger partial charge in [-0.15, -0.1) is 0 Å². The third-order valence-electron chi connectivity index (χ3n) is 2.32. The van der Waals surface area contributed by atoms with Crippen LogP contribution >= 0.6 is 0 Å². The van der Waals surface area contributed by atoms with Crippen LogP contribution < -0.4 is 0 Å². The Bertz CT molecular complexity index is 617. The molecule has 0 aliphatic rings. The van der Waals surface area contributed by atoms with E-state index in [4.69, 9.17) is 5.26 Å². The lowest BCUT2D eigenvalue weighted by atomic mass is 10.0. The van der Waals surface area contributed by atoms with E-state index in [1.165, 1.54) is 24.3 Å². The molecule has 0 fully saturated rings. The second kappa shape index (κ2) is 4.14. The minimum Gasteiger partial charge on any atom is -0.508 e. The van der Waals surface area contributed by atoms with Crippen LogP contribution in [-0.2, 0) is 0 Å². The van der Waals surface area contributed by atoms with E-state index in [0.717, 1.165) is 12.1 Å². The topological polar surface area (TPSA) is 64.2 Å². The van der Waals surface area contributed by atoms with Gasteiger partial charge >= 0.3 is 0 Å². The first kappa shape index (κ1) is 11.0. The monoisotopic (exact) mass is 229 g/mol. The van der Waals surface area contributed by atoms with Crippen LogP contribution in [0.5, 0.6) is 11.5 Å². The van der Waals surface area contributed by atoms with E-state index in [1.54, 1.807) is 0 Å². The first-order valence-corrected chi connectivity index (χ1v) is 4.83. The highest BCUT2D eigenvalue weighted by molar-refractivity contribution is 5.72. The van der Waals surface area contributed by atoms with Crippen LogP contribution in [0.25, 0.3) is 11.1 Å². The maximum atomic E-state index is 13.1. The molecule has 0 aliphatic carbocycles. The molecule has 84 valence electrons. The molecule has 0 heterocycles. The van der Waals surface area contributed by atoms with Gasteiger partial charge in [0.1, 0.15) is 17.3 Å². The highest BCUT2D eigenvalue weighted by Gasteiger charge is 2.08. The van der Waals surface area contributed by atoms with Crippen molar-refractivity contribution < 1.29 is 14.6 Å². The summed E-state index contributed by atoms with van der Waals surface area (Å²) in [7, 11) is 0. The fraction of sp³-hybridized carbons (Fsp3) is 0. The number of phenols is 2. The standard InChI is InChI=1S/C13H8FNO2/c14-10-1-2-13(17)12(6-10)9-3-8(7-15)4-11(16)5-9/h1-6,16-17H. The van der Waals surface area contributed by atoms with Crippen molar-refractivity contribution in [3.8, 4) is 28.7 Å². The number of halogens is 1. The van der Waals surface area contributed by atoms with Gasteiger partial charge in [-0.3, -0.25) is 0 Å². The molecule has 0 bridgehead atoms. The van der Waals surface area contributed by atoms with Crippen LogP contribution in [0.1, 0.15) is 5.56 Å². The number of phenolic OH excluding ortho intramolecular Hbond substituents is 2. The van der Waals surface area contributed by atoms with Crippen LogP contribution in [0.15, 0.2) is 36.4 Å². The Balaban J connectivity index is 2.64. The zero-order chi connectivity index (χ0) is 12.4. The predicted octanol–water partition coefficient (Wildman–Crippen LogP) is 2.78. The van der Waals surface area contributed by atoms with Crippen molar-refractivity contribution in [1.29, 1.82) is 5.26 Å². The summed E-state index contributed by atoms with van der Waals surface area (Å²) in [5.41, 5.74) is 0.861. The van der Waals surface area contributed by atoms with Gasteiger partial charge in [0.15, 0.2) is 0 Å². The fourth-order valence-corrected chi connectivity index (χ4v) is 1.57. The SMILES string of the molecule is N#Cc1cc(O)cc(-c2cc(F)ccc2O)c1. The third kappa shape index (κ3) is 2.18. The minimum atomic E-state index is -0.500. The van der Waals surface area contributed by atoms with Crippen LogP contribution in [0.3, 0.4) is 0 Å². The summed E-state index contributed by atoms with van der Waals surface area (Å²) < 4.78 is 13.1. The number of aromatic hydroxyl groups is 2. The maximum absolute atomic E-state index is 13.1. The van der Waals surface area contributed by atoms with E-state index in [9.17, 15) is 14.6 Å². The number of rotatable bonds is 1. The molecule has 0 aromatic heterocycles. The van der Waals surface area contributed by atoms with Crippen molar-refractivity contribution >= 4 is 0 Å². The summed E-state index contributed by atoms with van der Waals surface area (Å²) in [6.07, 6.45) is 0. The molecule has 3 nitrogen and oxygen atoms in total. The van der Waals surface area contributed by atoms with E-state index in [2.05, 4.69) is 0 Å². The molecule has 2 rings (SSSR count). The van der Waals surface area contributed by atoms with Crippen LogP contribution in [0, 0.1) is 17.1 Å². The number of hydrogen-bond donors (Lipinski definition) is 2. The van der Waals surface area contributed by atoms with Crippen molar-refractivity contribution in [1.82, 2.24) is 0 Å². The van der Waals surface area contributed by atoms with E-state index < -0.39 is 5.82 Å². The Kier molecular flexibility index (Phi) is 2.67. The molecule has 0 saturated heterocycles. The zero-order valence-corrected chi connectivity index (χ0v) is 8.68. The average molecular weight is 229 g/mol. The first-order chi connectivity index (χ1) is 8.10. The molecule has 0 amide bonds. The smallest absolute Gasteiger partial charge is 0.124 e. The number of benzene rings is 2. The number of nitriles is 1. The van der Waals surface area contributed by atoms with E-state index in [0.29, 0.717) is 5.56 Å². The van der Waals surface area contributed by atoms with Gasteiger partial charge in [-0.05, 0) is 42.0 Å². The Hall–Kier alpha value is -2.54. The summed E-state index contributed by atoms with van der Waals surface area (Å²) in [4.78, 5) is 0. The van der Waals surface area contributed by atoms with Gasteiger partial charge in [0, 0.05) is 5.56 Å². The molecule has 0 unspecified atom stereocenters. The maximum Gasteiger partial charge on any atom is 0.124 e. The van der Waals surface area contributed by atoms with Crippen molar-refractivity contribution in [3.63, 3.8) is 0 Å². The predicted molar refractivity (Wildman–Crippen MR) is 59.9 cm³/mol. The van der Waals surface area contributed by atoms with Gasteiger partial charge in [0.25, 0.3) is 0 Å². The normalized spacial score (nSPS) is 9.88. The largest absolute Gasteiger partial charge is 0.508 e. The fourth-order valence-electron chi connectivity index (χ4n) is 1.57. The van der Waals surface area contributed by atoms with Crippen LogP contribution in [0.4, 0.5) is 4.39 Å². The summed E-state index contributed by atoms with van der Waals surface area (Å²) >= 11 is 0. The molecule has 0 radical (unpaired) electrons. The van der Waals surface area contributed by atoms with Crippen molar-refractivity contribution in [3.05, 3.63) is 47.8 Å². The van der Waals surface area contributed by atoms with E-state index in [1.807, 2.05) is 6.07 Å². The van der Waals surface area contributed by atoms with Gasteiger partial charge < -0.3 is 10.2 Å². The van der Waals surface area contributed by atoms with Gasteiger partial charge in [0.05, 0.1) is 11.6 Å². The van der Waals surface area contributed by atoms with Crippen molar-refractivity contribution in [2.24, 2.45) is 0 Å². The lowest BCUT2D eigenvalue weighted by Gasteiger charge is -2.06. The third-order valence-corrected chi connectivity index (χ3v) is 2.32. The molecule has 4 heteroatoms. The average Bonchev–Trinajstić information content (AvgIpc) is 2.31. The molecular formula is C13H8FNO2. The molecule has 2 aromatic rings. The molecule has 0 saturated carbocycles. The van der Waals surface area contributed by atoms with Gasteiger partial charge in [-0.1, -0.05) is 0 Å². The van der Waals surface area contributed by atoms with Crippen molar-refractivity contribution in [2.75, 3.05) is 0 Å². The highest BCUT2D eigenvalue weighted by atomic mass is 19.1. The van der Waals surface area contributed by atoms with Crippen LogP contribution in [0.2, 0.25) is 0 Å². The van der Waals surface area contributed by atoms with Gasteiger partial charge in [-0.25, -0.2) is 4.39 Å². The molecule has 2 aromatic carbocycles.